The molecule has 26 heavy (non-hydrogen) atoms. The second-order valence-electron chi connectivity index (χ2n) is 4.69. The Morgan fingerprint density at radius 1 is 0.731 bits per heavy atom. The molecular weight excluding hydrogens is 483 g/mol. The Hall–Kier alpha value is -0.380. The molecule has 0 aromatic carbocycles. The lowest BCUT2D eigenvalue weighted by molar-refractivity contribution is -0.157. The summed E-state index contributed by atoms with van der Waals surface area (Å²) in [6, 6.07) is 0. The minimum absolute atomic E-state index is 0.633. The monoisotopic (exact) mass is 493 g/mol. The van der Waals surface area contributed by atoms with Crippen molar-refractivity contribution in [3.63, 3.8) is 0 Å². The molecule has 0 aliphatic heterocycles. The van der Waals surface area contributed by atoms with E-state index in [4.69, 9.17) is 83.8 Å². The normalized spacial score (nSPS) is 11.5. The molecule has 150 valence electrons. The van der Waals surface area contributed by atoms with Crippen molar-refractivity contribution < 1.29 is 33.4 Å². The van der Waals surface area contributed by atoms with Gasteiger partial charge in [-0.05, 0) is 0 Å². The van der Waals surface area contributed by atoms with Crippen molar-refractivity contribution in [3.8, 4) is 0 Å². The second-order valence-corrected chi connectivity index (χ2v) is 7.98. The van der Waals surface area contributed by atoms with Crippen molar-refractivity contribution >= 4 is 93.4 Å². The smallest absolute Gasteiger partial charge is 0.339 e. The van der Waals surface area contributed by atoms with Crippen molar-refractivity contribution in [1.82, 2.24) is 5.32 Å². The number of carbonyl (C=O) groups excluding carboxylic acids is 4. The molecule has 0 aromatic rings. The van der Waals surface area contributed by atoms with Crippen LogP contribution < -0.4 is 5.32 Å². The highest BCUT2D eigenvalue weighted by Crippen LogP contribution is 2.15. The van der Waals surface area contributed by atoms with Crippen molar-refractivity contribution in [2.45, 2.75) is 27.0 Å². The lowest BCUT2D eigenvalue weighted by Crippen LogP contribution is -2.59. The van der Waals surface area contributed by atoms with Crippen molar-refractivity contribution in [2.24, 2.45) is 0 Å². The lowest BCUT2D eigenvalue weighted by atomic mass is 10.0. The van der Waals surface area contributed by atoms with E-state index in [0.717, 1.165) is 6.92 Å². The highest BCUT2D eigenvalue weighted by molar-refractivity contribution is 6.53. The molecule has 0 rings (SSSR count). The number of esters is 3. The van der Waals surface area contributed by atoms with Gasteiger partial charge < -0.3 is 19.5 Å². The van der Waals surface area contributed by atoms with Gasteiger partial charge in [0.25, 0.3) is 0 Å². The maximum absolute atomic E-state index is 11.5. The van der Waals surface area contributed by atoms with Crippen LogP contribution in [-0.2, 0) is 33.4 Å². The molecule has 0 aliphatic rings. The first-order valence-electron chi connectivity index (χ1n) is 6.53. The van der Waals surface area contributed by atoms with E-state index in [1.54, 1.807) is 0 Å². The van der Waals surface area contributed by atoms with Crippen LogP contribution in [-0.4, -0.2) is 63.7 Å². The maximum atomic E-state index is 11.5. The van der Waals surface area contributed by atoms with Gasteiger partial charge in [-0.15, -0.1) is 0 Å². The summed E-state index contributed by atoms with van der Waals surface area (Å²) in [5, 5.41) is 2.35. The van der Waals surface area contributed by atoms with Gasteiger partial charge in [0, 0.05) is 6.92 Å². The molecule has 0 radical (unpaired) electrons. The number of amides is 1. The topological polar surface area (TPSA) is 108 Å². The van der Waals surface area contributed by atoms with Crippen LogP contribution in [0.25, 0.3) is 0 Å². The summed E-state index contributed by atoms with van der Waals surface area (Å²) >= 11 is 32.2. The van der Waals surface area contributed by atoms with E-state index in [2.05, 4.69) is 5.32 Å². The summed E-state index contributed by atoms with van der Waals surface area (Å²) in [6.07, 6.45) is 0. The number of alkyl halides is 6. The van der Waals surface area contributed by atoms with Crippen LogP contribution in [0.5, 0.6) is 0 Å². The third-order valence-electron chi connectivity index (χ3n) is 2.45. The van der Waals surface area contributed by atoms with Crippen molar-refractivity contribution in [1.29, 1.82) is 0 Å². The van der Waals surface area contributed by atoms with E-state index >= 15 is 0 Å². The number of rotatable bonds is 10. The number of ether oxygens (including phenoxy) is 3. The van der Waals surface area contributed by atoms with E-state index in [9.17, 15) is 19.2 Å². The number of hydrogen-bond donors (Lipinski definition) is 1. The molecule has 8 nitrogen and oxygen atoms in total. The van der Waals surface area contributed by atoms with Gasteiger partial charge in [-0.25, -0.2) is 14.4 Å². The first-order valence-corrected chi connectivity index (χ1v) is 9.15. The number of halogens is 6. The van der Waals surface area contributed by atoms with Gasteiger partial charge >= 0.3 is 17.9 Å². The van der Waals surface area contributed by atoms with E-state index in [1.807, 2.05) is 0 Å². The third kappa shape index (κ3) is 10.1. The fourth-order valence-electron chi connectivity index (χ4n) is 1.42. The zero-order valence-electron chi connectivity index (χ0n) is 13.0. The first kappa shape index (κ1) is 25.6. The molecule has 0 saturated carbocycles. The summed E-state index contributed by atoms with van der Waals surface area (Å²) in [5.41, 5.74) is -1.71. The van der Waals surface area contributed by atoms with Crippen molar-refractivity contribution in [2.75, 3.05) is 19.8 Å². The first-order chi connectivity index (χ1) is 11.9. The molecule has 1 amide bonds. The fraction of sp³-hybridized carbons (Fsp3) is 0.667. The average Bonchev–Trinajstić information content (AvgIpc) is 2.54. The molecule has 0 aliphatic carbocycles. The minimum atomic E-state index is -1.71. The van der Waals surface area contributed by atoms with Crippen LogP contribution in [0.3, 0.4) is 0 Å². The van der Waals surface area contributed by atoms with Gasteiger partial charge in [0.05, 0.1) is 0 Å². The molecule has 0 saturated heterocycles. The maximum Gasteiger partial charge on any atom is 0.339 e. The van der Waals surface area contributed by atoms with Gasteiger partial charge in [0.15, 0.2) is 0 Å². The number of hydrogen-bond acceptors (Lipinski definition) is 7. The zero-order chi connectivity index (χ0) is 20.5. The van der Waals surface area contributed by atoms with Crippen LogP contribution in [0.15, 0.2) is 0 Å². The molecule has 0 fully saturated rings. The van der Waals surface area contributed by atoms with E-state index in [1.165, 1.54) is 0 Å². The molecule has 0 heterocycles. The summed E-state index contributed by atoms with van der Waals surface area (Å²) < 4.78 is 14.5. The molecule has 1 N–H and O–H groups in total. The Kier molecular flexibility index (Phi) is 12.0. The van der Waals surface area contributed by atoms with Gasteiger partial charge in [-0.2, -0.15) is 0 Å². The molecule has 14 heteroatoms. The molecule has 0 unspecified atom stereocenters. The lowest BCUT2D eigenvalue weighted by Gasteiger charge is -2.32. The van der Waals surface area contributed by atoms with E-state index in [0.29, 0.717) is 0 Å². The quantitative estimate of drug-likeness (QED) is 0.280. The molecule has 0 bridgehead atoms. The van der Waals surface area contributed by atoms with Gasteiger partial charge in [-0.1, -0.05) is 69.6 Å². The summed E-state index contributed by atoms with van der Waals surface area (Å²) in [6.45, 7) is -0.783. The van der Waals surface area contributed by atoms with Crippen molar-refractivity contribution in [3.05, 3.63) is 0 Å². The Morgan fingerprint density at radius 2 is 1.00 bits per heavy atom. The van der Waals surface area contributed by atoms with Crippen LogP contribution in [0.4, 0.5) is 0 Å². The summed E-state index contributed by atoms with van der Waals surface area (Å²) in [5.74, 6) is -3.80. The number of carbonyl (C=O) groups is 4. The summed E-state index contributed by atoms with van der Waals surface area (Å²) in [7, 11) is 0. The van der Waals surface area contributed by atoms with Gasteiger partial charge in [-0.3, -0.25) is 4.79 Å². The SMILES string of the molecule is CC(=O)NC(COC(=O)C(Cl)Cl)(COC(=O)C(Cl)Cl)COC(=O)C(Cl)Cl. The minimum Gasteiger partial charge on any atom is -0.461 e. The standard InChI is InChI=1S/C12H13Cl6NO7/c1-5(20)19-12(2-24-9(21)6(13)14,3-25-10(22)7(15)16)4-26-11(23)8(17)18/h6-8H,2-4H2,1H3,(H,19,20). The third-order valence-corrected chi connectivity index (χ3v) is 3.52. The predicted molar refractivity (Wildman–Crippen MR) is 95.9 cm³/mol. The molecular formula is C12H13Cl6NO7. The van der Waals surface area contributed by atoms with Crippen LogP contribution in [0, 0.1) is 0 Å². The van der Waals surface area contributed by atoms with E-state index in [-0.39, 0.29) is 0 Å². The fourth-order valence-corrected chi connectivity index (χ4v) is 1.80. The average molecular weight is 496 g/mol. The van der Waals surface area contributed by atoms with Crippen LogP contribution >= 0.6 is 69.6 Å². The molecule has 0 atom stereocenters. The second kappa shape index (κ2) is 12.2. The Bertz CT molecular complexity index is 468. The van der Waals surface area contributed by atoms with Gasteiger partial charge in [0.1, 0.15) is 25.4 Å². The Balaban J connectivity index is 5.38. The highest BCUT2D eigenvalue weighted by Gasteiger charge is 2.38. The highest BCUT2D eigenvalue weighted by atomic mass is 35.5. The van der Waals surface area contributed by atoms with Gasteiger partial charge in [0.2, 0.25) is 20.4 Å². The van der Waals surface area contributed by atoms with E-state index < -0.39 is 63.7 Å². The largest absolute Gasteiger partial charge is 0.461 e. The molecule has 0 spiro atoms. The molecule has 0 aromatic heterocycles. The van der Waals surface area contributed by atoms with Crippen LogP contribution in [0.2, 0.25) is 0 Å². The summed E-state index contributed by atoms with van der Waals surface area (Å²) in [4.78, 5) is 41.4. The zero-order valence-corrected chi connectivity index (χ0v) is 17.5. The van der Waals surface area contributed by atoms with Crippen LogP contribution in [0.1, 0.15) is 6.92 Å². The number of nitrogens with one attached hydrogen (secondary N) is 1. The predicted octanol–water partition coefficient (Wildman–Crippen LogP) is 1.90. The Labute approximate surface area is 178 Å². The Morgan fingerprint density at radius 3 is 1.19 bits per heavy atom.